The second kappa shape index (κ2) is 9.08. The molecule has 0 aliphatic carbocycles. The summed E-state index contributed by atoms with van der Waals surface area (Å²) in [6.07, 6.45) is 2.85. The van der Waals surface area contributed by atoms with Gasteiger partial charge in [-0.3, -0.25) is 0 Å². The minimum Gasteiger partial charge on any atom is -0.385 e. The summed E-state index contributed by atoms with van der Waals surface area (Å²) in [5, 5.41) is 7.61. The van der Waals surface area contributed by atoms with Crippen LogP contribution in [0.3, 0.4) is 0 Å². The van der Waals surface area contributed by atoms with E-state index in [0.29, 0.717) is 12.0 Å². The largest absolute Gasteiger partial charge is 0.385 e. The highest BCUT2D eigenvalue weighted by Gasteiger charge is 2.27. The van der Waals surface area contributed by atoms with Gasteiger partial charge in [0.2, 0.25) is 5.89 Å². The van der Waals surface area contributed by atoms with Crippen molar-refractivity contribution in [2.75, 3.05) is 20.3 Å². The summed E-state index contributed by atoms with van der Waals surface area (Å²) >= 11 is 0. The normalized spacial score (nSPS) is 14.7. The maximum absolute atomic E-state index is 5.48. The van der Waals surface area contributed by atoms with Gasteiger partial charge in [-0.2, -0.15) is 4.98 Å². The number of rotatable bonds is 10. The van der Waals surface area contributed by atoms with E-state index in [1.165, 1.54) is 0 Å². The van der Waals surface area contributed by atoms with Gasteiger partial charge < -0.3 is 14.6 Å². The third-order valence-electron chi connectivity index (χ3n) is 3.49. The summed E-state index contributed by atoms with van der Waals surface area (Å²) in [6.45, 7) is 10.5. The molecule has 0 radical (unpaired) electrons. The number of methoxy groups -OCH3 is 1. The molecule has 1 N–H and O–H groups in total. The van der Waals surface area contributed by atoms with Crippen molar-refractivity contribution in [1.29, 1.82) is 0 Å². The molecule has 2 atom stereocenters. The molecule has 0 aliphatic heterocycles. The Balaban J connectivity index is 2.67. The maximum atomic E-state index is 5.48. The van der Waals surface area contributed by atoms with Crippen LogP contribution in [0.4, 0.5) is 0 Å². The van der Waals surface area contributed by atoms with Gasteiger partial charge in [0.1, 0.15) is 0 Å². The number of ether oxygens (including phenoxy) is 1. The van der Waals surface area contributed by atoms with Gasteiger partial charge in [0.25, 0.3) is 0 Å². The Morgan fingerprint density at radius 1 is 1.30 bits per heavy atom. The first kappa shape index (κ1) is 17.1. The van der Waals surface area contributed by atoms with Crippen molar-refractivity contribution in [2.45, 2.75) is 58.9 Å². The Bertz CT molecular complexity index is 366. The molecule has 20 heavy (non-hydrogen) atoms. The lowest BCUT2D eigenvalue weighted by atomic mass is 9.89. The van der Waals surface area contributed by atoms with Crippen molar-refractivity contribution in [3.63, 3.8) is 0 Å². The van der Waals surface area contributed by atoms with Crippen molar-refractivity contribution in [3.8, 4) is 0 Å². The summed E-state index contributed by atoms with van der Waals surface area (Å²) in [7, 11) is 1.71. The van der Waals surface area contributed by atoms with E-state index in [1.807, 2.05) is 0 Å². The fraction of sp³-hybridized carbons (Fsp3) is 0.867. The molecule has 116 valence electrons. The Kier molecular flexibility index (Phi) is 7.77. The van der Waals surface area contributed by atoms with E-state index in [0.717, 1.165) is 44.1 Å². The molecule has 1 heterocycles. The molecule has 0 fully saturated rings. The quantitative estimate of drug-likeness (QED) is 0.669. The zero-order valence-electron chi connectivity index (χ0n) is 13.5. The molecule has 0 aromatic carbocycles. The van der Waals surface area contributed by atoms with Crippen LogP contribution in [0.25, 0.3) is 0 Å². The second-order valence-electron chi connectivity index (χ2n) is 5.66. The van der Waals surface area contributed by atoms with Gasteiger partial charge in [-0.05, 0) is 32.2 Å². The van der Waals surface area contributed by atoms with Gasteiger partial charge in [0, 0.05) is 26.2 Å². The van der Waals surface area contributed by atoms with Gasteiger partial charge in [0.05, 0.1) is 5.92 Å². The first-order valence-corrected chi connectivity index (χ1v) is 7.64. The summed E-state index contributed by atoms with van der Waals surface area (Å²) in [5.74, 6) is 2.25. The minimum absolute atomic E-state index is 0.255. The van der Waals surface area contributed by atoms with Gasteiger partial charge in [0.15, 0.2) is 5.82 Å². The van der Waals surface area contributed by atoms with Gasteiger partial charge in [-0.15, -0.1) is 0 Å². The molecule has 2 unspecified atom stereocenters. The Hall–Kier alpha value is -0.940. The summed E-state index contributed by atoms with van der Waals surface area (Å²) < 4.78 is 10.5. The predicted molar refractivity (Wildman–Crippen MR) is 79.8 cm³/mol. The Morgan fingerprint density at radius 2 is 2.05 bits per heavy atom. The van der Waals surface area contributed by atoms with E-state index in [9.17, 15) is 0 Å². The standard InChI is InChI=1S/C15H29N3O2/c1-6-9-16-12(4)14(11(2)3)15-17-13(18-20-15)8-7-10-19-5/h11-12,14,16H,6-10H2,1-5H3. The van der Waals surface area contributed by atoms with Crippen LogP contribution in [0.1, 0.15) is 58.2 Å². The number of nitrogens with zero attached hydrogens (tertiary/aromatic N) is 2. The van der Waals surface area contributed by atoms with Crippen LogP contribution in [-0.4, -0.2) is 36.4 Å². The van der Waals surface area contributed by atoms with Gasteiger partial charge in [-0.1, -0.05) is 25.9 Å². The monoisotopic (exact) mass is 283 g/mol. The fourth-order valence-corrected chi connectivity index (χ4v) is 2.45. The number of hydrogen-bond acceptors (Lipinski definition) is 5. The highest BCUT2D eigenvalue weighted by Crippen LogP contribution is 2.26. The topological polar surface area (TPSA) is 60.2 Å². The molecular formula is C15H29N3O2. The van der Waals surface area contributed by atoms with Crippen LogP contribution in [0.5, 0.6) is 0 Å². The molecule has 1 aromatic rings. The first-order chi connectivity index (χ1) is 9.60. The molecule has 1 rings (SSSR count). The summed E-state index contributed by atoms with van der Waals surface area (Å²) in [6, 6.07) is 0.335. The van der Waals surface area contributed by atoms with Crippen LogP contribution >= 0.6 is 0 Å². The van der Waals surface area contributed by atoms with Crippen LogP contribution < -0.4 is 5.32 Å². The van der Waals surface area contributed by atoms with Gasteiger partial charge >= 0.3 is 0 Å². The molecule has 1 aromatic heterocycles. The van der Waals surface area contributed by atoms with Crippen LogP contribution in [0, 0.1) is 5.92 Å². The molecule has 0 amide bonds. The van der Waals surface area contributed by atoms with Gasteiger partial charge in [-0.25, -0.2) is 0 Å². The first-order valence-electron chi connectivity index (χ1n) is 7.64. The smallest absolute Gasteiger partial charge is 0.231 e. The van der Waals surface area contributed by atoms with E-state index in [-0.39, 0.29) is 5.92 Å². The molecular weight excluding hydrogens is 254 g/mol. The van der Waals surface area contributed by atoms with Crippen molar-refractivity contribution in [1.82, 2.24) is 15.5 Å². The number of aryl methyl sites for hydroxylation is 1. The van der Waals surface area contributed by atoms with Crippen molar-refractivity contribution >= 4 is 0 Å². The van der Waals surface area contributed by atoms with Crippen LogP contribution in [-0.2, 0) is 11.2 Å². The Morgan fingerprint density at radius 3 is 2.65 bits per heavy atom. The van der Waals surface area contributed by atoms with E-state index in [1.54, 1.807) is 7.11 Å². The average molecular weight is 283 g/mol. The maximum Gasteiger partial charge on any atom is 0.231 e. The SMILES string of the molecule is CCCNC(C)C(c1nc(CCCOC)no1)C(C)C. The van der Waals surface area contributed by atoms with Crippen molar-refractivity contribution in [3.05, 3.63) is 11.7 Å². The molecule has 0 saturated carbocycles. The second-order valence-corrected chi connectivity index (χ2v) is 5.66. The average Bonchev–Trinajstić information content (AvgIpc) is 2.85. The molecule has 0 aliphatic rings. The zero-order valence-corrected chi connectivity index (χ0v) is 13.5. The highest BCUT2D eigenvalue weighted by molar-refractivity contribution is 5.00. The van der Waals surface area contributed by atoms with Crippen LogP contribution in [0.15, 0.2) is 4.52 Å². The van der Waals surface area contributed by atoms with Crippen LogP contribution in [0.2, 0.25) is 0 Å². The van der Waals surface area contributed by atoms with E-state index >= 15 is 0 Å². The third-order valence-corrected chi connectivity index (χ3v) is 3.49. The number of aromatic nitrogens is 2. The molecule has 0 spiro atoms. The Labute approximate surface area is 122 Å². The molecule has 0 bridgehead atoms. The predicted octanol–water partition coefficient (Wildman–Crippen LogP) is 2.78. The summed E-state index contributed by atoms with van der Waals surface area (Å²) in [4.78, 5) is 4.56. The number of nitrogens with one attached hydrogen (secondary N) is 1. The zero-order chi connectivity index (χ0) is 15.0. The van der Waals surface area contributed by atoms with Crippen molar-refractivity contribution < 1.29 is 9.26 Å². The molecule has 5 nitrogen and oxygen atoms in total. The lowest BCUT2D eigenvalue weighted by molar-refractivity contribution is 0.194. The summed E-state index contributed by atoms with van der Waals surface area (Å²) in [5.41, 5.74) is 0. The van der Waals surface area contributed by atoms with E-state index in [2.05, 4.69) is 43.2 Å². The highest BCUT2D eigenvalue weighted by atomic mass is 16.5. The minimum atomic E-state index is 0.255. The van der Waals surface area contributed by atoms with Crippen molar-refractivity contribution in [2.24, 2.45) is 5.92 Å². The fourth-order valence-electron chi connectivity index (χ4n) is 2.45. The lowest BCUT2D eigenvalue weighted by Gasteiger charge is -2.24. The molecule has 5 heteroatoms. The number of hydrogen-bond donors (Lipinski definition) is 1. The van der Waals surface area contributed by atoms with E-state index in [4.69, 9.17) is 9.26 Å². The third kappa shape index (κ3) is 5.21. The lowest BCUT2D eigenvalue weighted by Crippen LogP contribution is -2.35. The molecule has 0 saturated heterocycles. The van der Waals surface area contributed by atoms with E-state index < -0.39 is 0 Å².